The molecule has 25 heavy (non-hydrogen) atoms. The lowest BCUT2D eigenvalue weighted by Crippen LogP contribution is -2.20. The van der Waals surface area contributed by atoms with Gasteiger partial charge in [0.25, 0.3) is 0 Å². The van der Waals surface area contributed by atoms with Gasteiger partial charge in [-0.25, -0.2) is 4.99 Å². The lowest BCUT2D eigenvalue weighted by Gasteiger charge is -2.16. The SMILES string of the molecule is Cc1ccc(N=C(CC[Si](C)(C)C)SCC=Cc2ccccc2)cc1. The first-order valence-corrected chi connectivity index (χ1v) is 13.6. The van der Waals surface area contributed by atoms with Crippen LogP contribution in [-0.4, -0.2) is 18.9 Å². The van der Waals surface area contributed by atoms with E-state index in [0.29, 0.717) is 0 Å². The molecule has 0 heterocycles. The van der Waals surface area contributed by atoms with Gasteiger partial charge in [-0.05, 0) is 31.0 Å². The first-order chi connectivity index (χ1) is 11.9. The molecule has 0 bridgehead atoms. The van der Waals surface area contributed by atoms with Crippen molar-refractivity contribution in [1.29, 1.82) is 0 Å². The average Bonchev–Trinajstić information content (AvgIpc) is 2.58. The van der Waals surface area contributed by atoms with Gasteiger partial charge in [0.05, 0.1) is 10.7 Å². The quantitative estimate of drug-likeness (QED) is 0.286. The molecule has 2 rings (SSSR count). The molecule has 0 amide bonds. The Hall–Kier alpha value is -1.58. The molecule has 0 saturated carbocycles. The molecule has 0 aliphatic carbocycles. The average molecular weight is 368 g/mol. The van der Waals surface area contributed by atoms with Crippen LogP contribution in [0.4, 0.5) is 5.69 Å². The van der Waals surface area contributed by atoms with Gasteiger partial charge in [-0.1, -0.05) is 85.9 Å². The minimum atomic E-state index is -1.06. The predicted molar refractivity (Wildman–Crippen MR) is 119 cm³/mol. The third kappa shape index (κ3) is 8.37. The van der Waals surface area contributed by atoms with E-state index in [2.05, 4.69) is 93.3 Å². The van der Waals surface area contributed by atoms with Crippen molar-refractivity contribution in [2.24, 2.45) is 4.99 Å². The number of hydrogen-bond acceptors (Lipinski definition) is 2. The molecular weight excluding hydrogens is 338 g/mol. The Labute approximate surface area is 158 Å². The summed E-state index contributed by atoms with van der Waals surface area (Å²) in [5, 5.41) is 1.25. The van der Waals surface area contributed by atoms with Crippen LogP contribution in [0.3, 0.4) is 0 Å². The maximum absolute atomic E-state index is 4.92. The monoisotopic (exact) mass is 367 g/mol. The third-order valence-electron chi connectivity index (χ3n) is 3.83. The van der Waals surface area contributed by atoms with E-state index in [9.17, 15) is 0 Å². The Morgan fingerprint density at radius 3 is 2.32 bits per heavy atom. The van der Waals surface area contributed by atoms with E-state index in [1.807, 2.05) is 11.8 Å². The van der Waals surface area contributed by atoms with E-state index < -0.39 is 8.07 Å². The second kappa shape index (κ2) is 9.78. The highest BCUT2D eigenvalue weighted by molar-refractivity contribution is 8.14. The Morgan fingerprint density at radius 2 is 1.68 bits per heavy atom. The summed E-state index contributed by atoms with van der Waals surface area (Å²) in [6.07, 6.45) is 5.52. The number of aryl methyl sites for hydroxylation is 1. The Morgan fingerprint density at radius 1 is 1.00 bits per heavy atom. The molecule has 132 valence electrons. The summed E-state index contributed by atoms with van der Waals surface area (Å²) in [5.74, 6) is 0.964. The molecule has 0 spiro atoms. The molecule has 0 aliphatic rings. The molecule has 0 aromatic heterocycles. The van der Waals surface area contributed by atoms with Crippen molar-refractivity contribution in [3.63, 3.8) is 0 Å². The van der Waals surface area contributed by atoms with Crippen molar-refractivity contribution >= 4 is 36.6 Å². The summed E-state index contributed by atoms with van der Waals surface area (Å²) in [7, 11) is -1.06. The highest BCUT2D eigenvalue weighted by atomic mass is 32.2. The fraction of sp³-hybridized carbons (Fsp3) is 0.318. The zero-order valence-corrected chi connectivity index (χ0v) is 17.6. The number of hydrogen-bond donors (Lipinski definition) is 0. The van der Waals surface area contributed by atoms with Crippen LogP contribution in [-0.2, 0) is 0 Å². The minimum absolute atomic E-state index is 0.964. The van der Waals surface area contributed by atoms with E-state index in [1.54, 1.807) is 0 Å². The Balaban J connectivity index is 2.00. The van der Waals surface area contributed by atoms with Crippen molar-refractivity contribution in [2.75, 3.05) is 5.75 Å². The van der Waals surface area contributed by atoms with Crippen LogP contribution in [0.2, 0.25) is 25.7 Å². The van der Waals surface area contributed by atoms with Crippen molar-refractivity contribution in [1.82, 2.24) is 0 Å². The van der Waals surface area contributed by atoms with Gasteiger partial charge >= 0.3 is 0 Å². The van der Waals surface area contributed by atoms with Gasteiger partial charge in [0.1, 0.15) is 0 Å². The summed E-state index contributed by atoms with van der Waals surface area (Å²) in [6.45, 7) is 9.39. The van der Waals surface area contributed by atoms with Gasteiger partial charge in [-0.15, -0.1) is 11.8 Å². The van der Waals surface area contributed by atoms with Gasteiger partial charge in [0, 0.05) is 13.8 Å². The summed E-state index contributed by atoms with van der Waals surface area (Å²) in [5.41, 5.74) is 3.60. The number of nitrogens with zero attached hydrogens (tertiary/aromatic N) is 1. The molecule has 0 fully saturated rings. The van der Waals surface area contributed by atoms with Gasteiger partial charge in [-0.2, -0.15) is 0 Å². The zero-order valence-electron chi connectivity index (χ0n) is 15.8. The van der Waals surface area contributed by atoms with E-state index in [0.717, 1.165) is 17.9 Å². The second-order valence-electron chi connectivity index (χ2n) is 7.53. The van der Waals surface area contributed by atoms with Gasteiger partial charge in [-0.3, -0.25) is 0 Å². The first kappa shape index (κ1) is 19.7. The van der Waals surface area contributed by atoms with Crippen LogP contribution in [0, 0.1) is 6.92 Å². The molecular formula is C22H29NSSi. The van der Waals surface area contributed by atoms with E-state index in [1.165, 1.54) is 22.2 Å². The lowest BCUT2D eigenvalue weighted by atomic mass is 10.2. The van der Waals surface area contributed by atoms with Crippen molar-refractivity contribution in [3.8, 4) is 0 Å². The molecule has 2 aromatic carbocycles. The molecule has 0 saturated heterocycles. The Kier molecular flexibility index (Phi) is 7.73. The summed E-state index contributed by atoms with van der Waals surface area (Å²) >= 11 is 1.87. The normalized spacial score (nSPS) is 12.7. The van der Waals surface area contributed by atoms with Crippen LogP contribution >= 0.6 is 11.8 Å². The standard InChI is InChI=1S/C22H29NSSi/c1-19-12-14-21(15-13-19)23-22(16-18-25(2,3)4)24-17-8-11-20-9-6-5-7-10-20/h5-15H,16-18H2,1-4H3. The van der Waals surface area contributed by atoms with Crippen molar-refractivity contribution in [3.05, 3.63) is 71.8 Å². The van der Waals surface area contributed by atoms with Gasteiger partial charge in [0.15, 0.2) is 0 Å². The molecule has 0 aliphatic heterocycles. The lowest BCUT2D eigenvalue weighted by molar-refractivity contribution is 1.22. The third-order valence-corrected chi connectivity index (χ3v) is 6.57. The molecule has 3 heteroatoms. The van der Waals surface area contributed by atoms with Crippen LogP contribution in [0.1, 0.15) is 17.5 Å². The maximum atomic E-state index is 4.92. The van der Waals surface area contributed by atoms with Crippen molar-refractivity contribution in [2.45, 2.75) is 39.0 Å². The van der Waals surface area contributed by atoms with Crippen molar-refractivity contribution < 1.29 is 0 Å². The second-order valence-corrected chi connectivity index (χ2v) is 14.2. The predicted octanol–water partition coefficient (Wildman–Crippen LogP) is 7.20. The molecule has 1 nitrogen and oxygen atoms in total. The summed E-state index contributed by atoms with van der Waals surface area (Å²) in [4.78, 5) is 4.92. The zero-order chi connectivity index (χ0) is 18.1. The highest BCUT2D eigenvalue weighted by Crippen LogP contribution is 2.22. The van der Waals surface area contributed by atoms with Crippen LogP contribution in [0.15, 0.2) is 65.7 Å². The summed E-state index contributed by atoms with van der Waals surface area (Å²) < 4.78 is 0. The smallest absolute Gasteiger partial charge is 0.0738 e. The van der Waals surface area contributed by atoms with E-state index in [-0.39, 0.29) is 0 Å². The molecule has 0 unspecified atom stereocenters. The van der Waals surface area contributed by atoms with Crippen LogP contribution < -0.4 is 0 Å². The fourth-order valence-corrected chi connectivity index (χ4v) is 4.27. The minimum Gasteiger partial charge on any atom is -0.247 e. The number of thioether (sulfide) groups is 1. The Bertz CT molecular complexity index is 697. The molecule has 0 N–H and O–H groups in total. The van der Waals surface area contributed by atoms with Crippen LogP contribution in [0.5, 0.6) is 0 Å². The molecule has 0 radical (unpaired) electrons. The first-order valence-electron chi connectivity index (χ1n) is 8.91. The topological polar surface area (TPSA) is 12.4 Å². The summed E-state index contributed by atoms with van der Waals surface area (Å²) in [6, 6.07) is 20.2. The van der Waals surface area contributed by atoms with Gasteiger partial charge in [0.2, 0.25) is 0 Å². The molecule has 2 aromatic rings. The maximum Gasteiger partial charge on any atom is 0.0738 e. The largest absolute Gasteiger partial charge is 0.247 e. The fourth-order valence-electron chi connectivity index (χ4n) is 2.30. The van der Waals surface area contributed by atoms with Gasteiger partial charge < -0.3 is 0 Å². The van der Waals surface area contributed by atoms with E-state index in [4.69, 9.17) is 4.99 Å². The molecule has 0 atom stereocenters. The number of benzene rings is 2. The number of aliphatic imine (C=N–C) groups is 1. The highest BCUT2D eigenvalue weighted by Gasteiger charge is 2.14. The van der Waals surface area contributed by atoms with E-state index >= 15 is 0 Å². The number of rotatable bonds is 7. The van der Waals surface area contributed by atoms with Crippen LogP contribution in [0.25, 0.3) is 6.08 Å².